The van der Waals surface area contributed by atoms with Crippen molar-refractivity contribution in [2.45, 2.75) is 19.8 Å². The van der Waals surface area contributed by atoms with Gasteiger partial charge in [0.2, 0.25) is 0 Å². The lowest BCUT2D eigenvalue weighted by molar-refractivity contribution is -0.384. The molecule has 0 aliphatic heterocycles. The summed E-state index contributed by atoms with van der Waals surface area (Å²) in [5.74, 6) is -5.85. The van der Waals surface area contributed by atoms with Crippen molar-refractivity contribution in [3.8, 4) is 0 Å². The number of non-ortho nitro benzene ring substituents is 1. The molecule has 0 radical (unpaired) electrons. The molecule has 9 nitrogen and oxygen atoms in total. The number of carbonyl (C=O) groups is 4. The number of ether oxygens (including phenoxy) is 2. The maximum atomic E-state index is 12.3. The highest BCUT2D eigenvalue weighted by molar-refractivity contribution is 6.43. The van der Waals surface area contributed by atoms with E-state index in [9.17, 15) is 29.3 Å². The minimum atomic E-state index is -1.27. The number of hydrogen-bond acceptors (Lipinski definition) is 8. The van der Waals surface area contributed by atoms with Crippen LogP contribution in [0.1, 0.15) is 25.3 Å². The molecule has 0 heterocycles. The van der Waals surface area contributed by atoms with Gasteiger partial charge in [-0.2, -0.15) is 0 Å². The molecule has 0 aliphatic carbocycles. The topological polar surface area (TPSA) is 130 Å². The molecule has 148 valence electrons. The summed E-state index contributed by atoms with van der Waals surface area (Å²) < 4.78 is 9.29. The fourth-order valence-electron chi connectivity index (χ4n) is 2.32. The van der Waals surface area contributed by atoms with Crippen LogP contribution >= 0.6 is 0 Å². The third kappa shape index (κ3) is 5.19. The first-order valence-electron chi connectivity index (χ1n) is 8.20. The molecule has 0 N–H and O–H groups in total. The van der Waals surface area contributed by atoms with Crippen LogP contribution in [0, 0.1) is 10.1 Å². The Morgan fingerprint density at radius 1 is 0.929 bits per heavy atom. The minimum absolute atomic E-state index is 0.0528. The third-order valence-corrected chi connectivity index (χ3v) is 3.64. The van der Waals surface area contributed by atoms with Crippen molar-refractivity contribution >= 4 is 29.2 Å². The van der Waals surface area contributed by atoms with Crippen molar-refractivity contribution < 1.29 is 33.6 Å². The number of carbonyl (C=O) groups excluding carboxylic acids is 4. The number of nitro groups is 1. The first kappa shape index (κ1) is 22.4. The van der Waals surface area contributed by atoms with Gasteiger partial charge in [-0.05, 0) is 19.4 Å². The Hall–Kier alpha value is -3.62. The van der Waals surface area contributed by atoms with Crippen LogP contribution in [0.15, 0.2) is 48.6 Å². The molecule has 1 aromatic rings. The third-order valence-electron chi connectivity index (χ3n) is 3.64. The Balaban J connectivity index is 3.35. The van der Waals surface area contributed by atoms with E-state index in [1.165, 1.54) is 26.0 Å². The molecular weight excluding hydrogens is 370 g/mol. The van der Waals surface area contributed by atoms with Crippen LogP contribution in [-0.4, -0.2) is 41.6 Å². The molecule has 0 fully saturated rings. The zero-order valence-corrected chi connectivity index (χ0v) is 15.4. The van der Waals surface area contributed by atoms with E-state index in [0.717, 1.165) is 12.1 Å². The van der Waals surface area contributed by atoms with Crippen molar-refractivity contribution in [1.29, 1.82) is 0 Å². The Labute approximate surface area is 160 Å². The number of benzene rings is 1. The van der Waals surface area contributed by atoms with E-state index in [1.807, 2.05) is 0 Å². The van der Waals surface area contributed by atoms with Gasteiger partial charge in [0.1, 0.15) is 0 Å². The van der Waals surface area contributed by atoms with Gasteiger partial charge < -0.3 is 9.47 Å². The van der Waals surface area contributed by atoms with Crippen molar-refractivity contribution in [2.75, 3.05) is 13.2 Å². The number of esters is 2. The first-order chi connectivity index (χ1) is 13.1. The van der Waals surface area contributed by atoms with Crippen molar-refractivity contribution in [1.82, 2.24) is 0 Å². The summed E-state index contributed by atoms with van der Waals surface area (Å²) in [4.78, 5) is 58.3. The van der Waals surface area contributed by atoms with E-state index in [1.54, 1.807) is 0 Å². The number of rotatable bonds is 10. The van der Waals surface area contributed by atoms with E-state index in [4.69, 9.17) is 0 Å². The predicted molar refractivity (Wildman–Crippen MR) is 97.4 cm³/mol. The van der Waals surface area contributed by atoms with Gasteiger partial charge in [-0.3, -0.25) is 19.7 Å². The monoisotopic (exact) mass is 389 g/mol. The molecule has 0 aromatic heterocycles. The van der Waals surface area contributed by atoms with Gasteiger partial charge >= 0.3 is 11.9 Å². The number of nitrogens with zero attached hydrogens (tertiary/aromatic N) is 1. The molecule has 0 aliphatic rings. The van der Waals surface area contributed by atoms with Crippen LogP contribution in [0.25, 0.3) is 0 Å². The summed E-state index contributed by atoms with van der Waals surface area (Å²) in [6, 6.07) is 4.84. The van der Waals surface area contributed by atoms with Gasteiger partial charge in [0.25, 0.3) is 17.3 Å². The maximum Gasteiger partial charge on any atom is 0.379 e. The Bertz CT molecular complexity index is 796. The zero-order valence-electron chi connectivity index (χ0n) is 15.4. The Morgan fingerprint density at radius 2 is 1.32 bits per heavy atom. The number of Topliss-reactive ketones (excluding diaryl/α,β-unsaturated/α-hetero) is 2. The lowest BCUT2D eigenvalue weighted by atomic mass is 9.82. The molecule has 0 amide bonds. The van der Waals surface area contributed by atoms with Crippen LogP contribution in [0.3, 0.4) is 0 Å². The number of hydrogen-bond donors (Lipinski definition) is 0. The highest BCUT2D eigenvalue weighted by Gasteiger charge is 2.34. The summed E-state index contributed by atoms with van der Waals surface area (Å²) in [5, 5.41) is 10.8. The molecule has 0 spiro atoms. The second-order valence-electron chi connectivity index (χ2n) is 5.43. The van der Waals surface area contributed by atoms with Gasteiger partial charge in [0.05, 0.1) is 18.1 Å². The molecule has 1 aromatic carbocycles. The maximum absolute atomic E-state index is 12.3. The van der Waals surface area contributed by atoms with Crippen molar-refractivity contribution in [3.63, 3.8) is 0 Å². The summed E-state index contributed by atoms with van der Waals surface area (Å²) in [6.07, 6.45) is 0. The average molecular weight is 389 g/mol. The van der Waals surface area contributed by atoms with Crippen LogP contribution in [-0.2, 0) is 28.7 Å². The molecule has 0 unspecified atom stereocenters. The smallest absolute Gasteiger partial charge is 0.379 e. The first-order valence-corrected chi connectivity index (χ1v) is 8.20. The van der Waals surface area contributed by atoms with E-state index < -0.39 is 34.3 Å². The largest absolute Gasteiger partial charge is 0.460 e. The van der Waals surface area contributed by atoms with Crippen LogP contribution in [0.4, 0.5) is 5.69 Å². The molecule has 9 heteroatoms. The predicted octanol–water partition coefficient (Wildman–Crippen LogP) is 2.06. The summed E-state index contributed by atoms with van der Waals surface area (Å²) in [7, 11) is 0. The van der Waals surface area contributed by atoms with Gasteiger partial charge in [-0.15, -0.1) is 0 Å². The van der Waals surface area contributed by atoms with Gasteiger partial charge in [-0.1, -0.05) is 25.3 Å². The Kier molecular flexibility index (Phi) is 7.93. The summed E-state index contributed by atoms with van der Waals surface area (Å²) >= 11 is 0. The lowest BCUT2D eigenvalue weighted by Crippen LogP contribution is -2.27. The van der Waals surface area contributed by atoms with Crippen LogP contribution in [0.5, 0.6) is 0 Å². The highest BCUT2D eigenvalue weighted by Crippen LogP contribution is 2.32. The van der Waals surface area contributed by atoms with E-state index in [0.29, 0.717) is 0 Å². The SMILES string of the molecule is C=C(C(=O)C(=O)OCC)C(C(=C)C(=O)C(=O)OCC)c1ccc([N+](=O)[O-])cc1. The minimum Gasteiger partial charge on any atom is -0.460 e. The second-order valence-corrected chi connectivity index (χ2v) is 5.43. The Morgan fingerprint density at radius 3 is 1.64 bits per heavy atom. The molecule has 0 atom stereocenters. The fraction of sp³-hybridized carbons (Fsp3) is 0.263. The van der Waals surface area contributed by atoms with E-state index >= 15 is 0 Å². The highest BCUT2D eigenvalue weighted by atomic mass is 16.6. The molecule has 0 bridgehead atoms. The van der Waals surface area contributed by atoms with Crippen LogP contribution < -0.4 is 0 Å². The number of nitro benzene ring substituents is 1. The number of ketones is 2. The fourth-order valence-corrected chi connectivity index (χ4v) is 2.32. The van der Waals surface area contributed by atoms with Gasteiger partial charge in [0.15, 0.2) is 0 Å². The average Bonchev–Trinajstić information content (AvgIpc) is 2.67. The van der Waals surface area contributed by atoms with Crippen LogP contribution in [0.2, 0.25) is 0 Å². The quantitative estimate of drug-likeness (QED) is 0.195. The van der Waals surface area contributed by atoms with Crippen molar-refractivity contribution in [2.24, 2.45) is 0 Å². The second kappa shape index (κ2) is 9.91. The molecule has 28 heavy (non-hydrogen) atoms. The molecule has 1 rings (SSSR count). The summed E-state index contributed by atoms with van der Waals surface area (Å²) in [6.45, 7) is 10.0. The van der Waals surface area contributed by atoms with Gasteiger partial charge in [0, 0.05) is 29.2 Å². The lowest BCUT2D eigenvalue weighted by Gasteiger charge is -2.20. The standard InChI is InChI=1S/C19H19NO8/c1-5-27-18(23)16(21)11(3)15(12(4)17(22)19(24)28-6-2)13-7-9-14(10-8-13)20(25)26/h7-10,15H,3-6H2,1-2H3. The van der Waals surface area contributed by atoms with Gasteiger partial charge in [-0.25, -0.2) is 9.59 Å². The summed E-state index contributed by atoms with van der Waals surface area (Å²) in [5.41, 5.74) is -0.757. The molecule has 0 saturated heterocycles. The van der Waals surface area contributed by atoms with Crippen molar-refractivity contribution in [3.05, 3.63) is 64.2 Å². The zero-order chi connectivity index (χ0) is 21.4. The molecular formula is C19H19NO8. The van der Waals surface area contributed by atoms with E-state index in [2.05, 4.69) is 22.6 Å². The normalized spacial score (nSPS) is 10.1. The van der Waals surface area contributed by atoms with E-state index in [-0.39, 0.29) is 35.6 Å². The molecule has 0 saturated carbocycles.